The van der Waals surface area contributed by atoms with Crippen molar-refractivity contribution in [3.05, 3.63) is 64.1 Å². The lowest BCUT2D eigenvalue weighted by Crippen LogP contribution is -2.36. The van der Waals surface area contributed by atoms with E-state index >= 15 is 0 Å². The van der Waals surface area contributed by atoms with Gasteiger partial charge in [0.25, 0.3) is 0 Å². The van der Waals surface area contributed by atoms with Crippen LogP contribution in [0.1, 0.15) is 11.1 Å². The number of hydrogen-bond donors (Lipinski definition) is 2. The third-order valence-corrected chi connectivity index (χ3v) is 3.75. The second-order valence-corrected chi connectivity index (χ2v) is 6.14. The third-order valence-electron chi connectivity index (χ3n) is 3.23. The smallest absolute Gasteiger partial charge is 0.344 e. The maximum absolute atomic E-state index is 12.1. The number of anilines is 1. The molecule has 0 bridgehead atoms. The number of rotatable bonds is 5. The average Bonchev–Trinajstić information content (AvgIpc) is 2.55. The Labute approximate surface area is 150 Å². The molecule has 2 amide bonds. The lowest BCUT2D eigenvalue weighted by Gasteiger charge is -2.09. The summed E-state index contributed by atoms with van der Waals surface area (Å²) in [5, 5.41) is 4.48. The Bertz CT molecular complexity index is 744. The van der Waals surface area contributed by atoms with Gasteiger partial charge in [0.1, 0.15) is 0 Å². The monoisotopic (exact) mass is 414 g/mol. The Morgan fingerprint density at radius 2 is 1.48 bits per heavy atom. The fourth-order valence-corrected chi connectivity index (χ4v) is 2.25. The second kappa shape index (κ2) is 8.15. The Balaban J connectivity index is 1.86. The van der Waals surface area contributed by atoms with Gasteiger partial charge in [-0.3, -0.25) is 9.59 Å². The van der Waals surface area contributed by atoms with E-state index in [0.29, 0.717) is 11.3 Å². The maximum Gasteiger partial charge on any atom is 0.471 e. The normalized spacial score (nSPS) is 11.0. The highest BCUT2D eigenvalue weighted by Crippen LogP contribution is 2.16. The van der Waals surface area contributed by atoms with Gasteiger partial charge in [-0.25, -0.2) is 0 Å². The first kappa shape index (κ1) is 19.0. The highest BCUT2D eigenvalue weighted by molar-refractivity contribution is 9.10. The number of amides is 2. The SMILES string of the molecule is O=C(Cc1ccc(Br)cc1)Nc1ccc(CNC(=O)C(F)(F)F)cc1. The highest BCUT2D eigenvalue weighted by atomic mass is 79.9. The molecule has 4 nitrogen and oxygen atoms in total. The van der Waals surface area contributed by atoms with Crippen molar-refractivity contribution in [2.45, 2.75) is 19.1 Å². The summed E-state index contributed by atoms with van der Waals surface area (Å²) in [5.41, 5.74) is 1.86. The van der Waals surface area contributed by atoms with Gasteiger partial charge in [-0.05, 0) is 35.4 Å². The molecule has 0 atom stereocenters. The summed E-state index contributed by atoms with van der Waals surface area (Å²) in [4.78, 5) is 22.7. The molecule has 0 spiro atoms. The largest absolute Gasteiger partial charge is 0.471 e. The van der Waals surface area contributed by atoms with Crippen LogP contribution in [0.15, 0.2) is 53.0 Å². The molecule has 0 unspecified atom stereocenters. The molecule has 2 rings (SSSR count). The molecule has 2 aromatic carbocycles. The molecule has 2 aromatic rings. The van der Waals surface area contributed by atoms with Crippen LogP contribution in [0, 0.1) is 0 Å². The molecule has 0 radical (unpaired) electrons. The zero-order valence-corrected chi connectivity index (χ0v) is 14.4. The first-order valence-corrected chi connectivity index (χ1v) is 8.01. The quantitative estimate of drug-likeness (QED) is 0.781. The van der Waals surface area contributed by atoms with E-state index in [4.69, 9.17) is 0 Å². The lowest BCUT2D eigenvalue weighted by molar-refractivity contribution is -0.173. The predicted octanol–water partition coefficient (Wildman–Crippen LogP) is 3.81. The number of benzene rings is 2. The lowest BCUT2D eigenvalue weighted by atomic mass is 10.1. The summed E-state index contributed by atoms with van der Waals surface area (Å²) in [7, 11) is 0. The van der Waals surface area contributed by atoms with Gasteiger partial charge in [0, 0.05) is 16.7 Å². The molecule has 0 aliphatic heterocycles. The van der Waals surface area contributed by atoms with Gasteiger partial charge in [0.2, 0.25) is 5.91 Å². The first-order valence-electron chi connectivity index (χ1n) is 7.22. The Morgan fingerprint density at radius 3 is 2.04 bits per heavy atom. The number of alkyl halides is 3. The van der Waals surface area contributed by atoms with Gasteiger partial charge in [-0.2, -0.15) is 13.2 Å². The molecule has 0 fully saturated rings. The topological polar surface area (TPSA) is 58.2 Å². The number of carbonyl (C=O) groups is 2. The minimum atomic E-state index is -4.90. The molecule has 0 aliphatic carbocycles. The average molecular weight is 415 g/mol. The van der Waals surface area contributed by atoms with Gasteiger partial charge in [0.15, 0.2) is 0 Å². The summed E-state index contributed by atoms with van der Waals surface area (Å²) in [6.07, 6.45) is -4.70. The van der Waals surface area contributed by atoms with Crippen LogP contribution in [0.2, 0.25) is 0 Å². The van der Waals surface area contributed by atoms with Crippen molar-refractivity contribution in [2.24, 2.45) is 0 Å². The summed E-state index contributed by atoms with van der Waals surface area (Å²) in [6.45, 7) is -0.245. The standard InChI is InChI=1S/C17H14BrF3N2O2/c18-13-5-1-11(2-6-13)9-15(24)23-14-7-3-12(4-8-14)10-22-16(25)17(19,20)21/h1-8H,9-10H2,(H,22,25)(H,23,24). The van der Waals surface area contributed by atoms with E-state index in [1.165, 1.54) is 12.1 Å². The zero-order chi connectivity index (χ0) is 18.4. The van der Waals surface area contributed by atoms with Crippen LogP contribution in [0.25, 0.3) is 0 Å². The van der Waals surface area contributed by atoms with E-state index in [2.05, 4.69) is 21.2 Å². The van der Waals surface area contributed by atoms with Crippen molar-refractivity contribution in [3.63, 3.8) is 0 Å². The summed E-state index contributed by atoms with van der Waals surface area (Å²) >= 11 is 3.32. The molecule has 0 aliphatic rings. The molecule has 132 valence electrons. The van der Waals surface area contributed by atoms with E-state index in [-0.39, 0.29) is 18.9 Å². The van der Waals surface area contributed by atoms with Crippen LogP contribution in [-0.2, 0) is 22.6 Å². The van der Waals surface area contributed by atoms with E-state index in [1.54, 1.807) is 17.4 Å². The minimum absolute atomic E-state index is 0.205. The molecule has 0 saturated heterocycles. The molecular formula is C17H14BrF3N2O2. The van der Waals surface area contributed by atoms with Crippen LogP contribution in [0.5, 0.6) is 0 Å². The van der Waals surface area contributed by atoms with Gasteiger partial charge in [0.05, 0.1) is 6.42 Å². The Kier molecular flexibility index (Phi) is 6.19. The number of carbonyl (C=O) groups excluding carboxylic acids is 2. The Hall–Kier alpha value is -2.35. The predicted molar refractivity (Wildman–Crippen MR) is 90.8 cm³/mol. The van der Waals surface area contributed by atoms with E-state index < -0.39 is 12.1 Å². The van der Waals surface area contributed by atoms with Gasteiger partial charge >= 0.3 is 12.1 Å². The highest BCUT2D eigenvalue weighted by Gasteiger charge is 2.38. The van der Waals surface area contributed by atoms with Crippen molar-refractivity contribution in [1.29, 1.82) is 0 Å². The summed E-state index contributed by atoms with van der Waals surface area (Å²) < 4.78 is 37.2. The number of nitrogens with one attached hydrogen (secondary N) is 2. The van der Waals surface area contributed by atoms with Crippen molar-refractivity contribution in [1.82, 2.24) is 5.32 Å². The number of hydrogen-bond acceptors (Lipinski definition) is 2. The minimum Gasteiger partial charge on any atom is -0.344 e. The van der Waals surface area contributed by atoms with Crippen molar-refractivity contribution in [3.8, 4) is 0 Å². The molecule has 8 heteroatoms. The molecule has 0 aromatic heterocycles. The molecule has 0 saturated carbocycles. The second-order valence-electron chi connectivity index (χ2n) is 5.23. The zero-order valence-electron chi connectivity index (χ0n) is 12.9. The summed E-state index contributed by atoms with van der Waals surface area (Å²) in [5.74, 6) is -2.19. The van der Waals surface area contributed by atoms with Crippen molar-refractivity contribution >= 4 is 33.4 Å². The van der Waals surface area contributed by atoms with Gasteiger partial charge in [-0.15, -0.1) is 0 Å². The third kappa shape index (κ3) is 6.22. The van der Waals surface area contributed by atoms with Crippen molar-refractivity contribution < 1.29 is 22.8 Å². The first-order chi connectivity index (χ1) is 11.7. The fraction of sp³-hybridized carbons (Fsp3) is 0.176. The summed E-state index contributed by atoms with van der Waals surface area (Å²) in [6, 6.07) is 13.5. The van der Waals surface area contributed by atoms with Crippen LogP contribution in [0.4, 0.5) is 18.9 Å². The van der Waals surface area contributed by atoms with Gasteiger partial charge < -0.3 is 10.6 Å². The van der Waals surface area contributed by atoms with E-state index in [9.17, 15) is 22.8 Å². The fourth-order valence-electron chi connectivity index (χ4n) is 1.98. The maximum atomic E-state index is 12.1. The van der Waals surface area contributed by atoms with Crippen molar-refractivity contribution in [2.75, 3.05) is 5.32 Å². The van der Waals surface area contributed by atoms with Gasteiger partial charge in [-0.1, -0.05) is 40.2 Å². The molecular weight excluding hydrogens is 401 g/mol. The van der Waals surface area contributed by atoms with E-state index in [1.807, 2.05) is 24.3 Å². The molecule has 2 N–H and O–H groups in total. The van der Waals surface area contributed by atoms with Crippen LogP contribution in [-0.4, -0.2) is 18.0 Å². The van der Waals surface area contributed by atoms with Crippen LogP contribution >= 0.6 is 15.9 Å². The molecule has 0 heterocycles. The number of halogens is 4. The Morgan fingerprint density at radius 1 is 0.920 bits per heavy atom. The molecule has 25 heavy (non-hydrogen) atoms. The van der Waals surface area contributed by atoms with E-state index in [0.717, 1.165) is 10.0 Å². The van der Waals surface area contributed by atoms with Crippen LogP contribution in [0.3, 0.4) is 0 Å². The van der Waals surface area contributed by atoms with Crippen LogP contribution < -0.4 is 10.6 Å².